The van der Waals surface area contributed by atoms with Gasteiger partial charge in [0.05, 0.1) is 24.3 Å². The summed E-state index contributed by atoms with van der Waals surface area (Å²) >= 11 is 0. The van der Waals surface area contributed by atoms with E-state index in [-0.39, 0.29) is 41.4 Å². The zero-order chi connectivity index (χ0) is 30.4. The van der Waals surface area contributed by atoms with Crippen LogP contribution in [0.15, 0.2) is 35.2 Å². The SMILES string of the molecule is CCN1CC[C@@H](N(CCc2cc(F)ccc2S(=O)(=O)Nc2ccc3c(c2C(=O)OC)OC[C@@H]2C[C@H]32)C(=O)C(F)(F)F)C1. The van der Waals surface area contributed by atoms with Crippen molar-refractivity contribution < 1.29 is 45.0 Å². The van der Waals surface area contributed by atoms with Crippen LogP contribution in [0.2, 0.25) is 0 Å². The molecule has 0 radical (unpaired) electrons. The van der Waals surface area contributed by atoms with Crippen LogP contribution < -0.4 is 9.46 Å². The molecule has 14 heteroatoms. The number of halogens is 4. The standard InChI is InChI=1S/C28H31F4N3O6S/c1-3-34-10-9-19(14-34)35(27(37)28(30,31)32)11-8-16-12-18(29)4-7-23(16)42(38,39)33-22-6-5-20-21-13-17(21)15-41-25(20)24(22)26(36)40-2/h4-7,12,17,19,21,33H,3,8-11,13-15H2,1-2H3/t17-,19+,21-/m0/s1. The number of hydrogen-bond donors (Lipinski definition) is 1. The van der Waals surface area contributed by atoms with E-state index in [0.717, 1.165) is 37.3 Å². The molecule has 3 atom stereocenters. The molecule has 0 unspecified atom stereocenters. The predicted octanol–water partition coefficient (Wildman–Crippen LogP) is 3.94. The first-order chi connectivity index (χ1) is 19.8. The fourth-order valence-electron chi connectivity index (χ4n) is 5.85. The zero-order valence-corrected chi connectivity index (χ0v) is 23.9. The quantitative estimate of drug-likeness (QED) is 0.338. The number of fused-ring (bicyclic) bond motifs is 3. The second-order valence-electron chi connectivity index (χ2n) is 10.8. The van der Waals surface area contributed by atoms with Crippen LogP contribution in [0, 0.1) is 11.7 Å². The van der Waals surface area contributed by atoms with E-state index in [1.165, 1.54) is 6.07 Å². The van der Waals surface area contributed by atoms with E-state index in [0.29, 0.717) is 36.9 Å². The van der Waals surface area contributed by atoms with E-state index < -0.39 is 51.4 Å². The lowest BCUT2D eigenvalue weighted by molar-refractivity contribution is -0.187. The first kappa shape index (κ1) is 30.1. The van der Waals surface area contributed by atoms with E-state index in [4.69, 9.17) is 9.47 Å². The first-order valence-electron chi connectivity index (χ1n) is 13.6. The maximum absolute atomic E-state index is 14.3. The minimum Gasteiger partial charge on any atom is -0.492 e. The van der Waals surface area contributed by atoms with Crippen molar-refractivity contribution in [2.45, 2.75) is 49.2 Å². The number of sulfonamides is 1. The van der Waals surface area contributed by atoms with Gasteiger partial charge < -0.3 is 19.3 Å². The average molecular weight is 614 g/mol. The van der Waals surface area contributed by atoms with Gasteiger partial charge in [-0.25, -0.2) is 17.6 Å². The van der Waals surface area contributed by atoms with Crippen LogP contribution in [0.1, 0.15) is 47.2 Å². The molecule has 2 aromatic carbocycles. The van der Waals surface area contributed by atoms with Crippen molar-refractivity contribution in [2.24, 2.45) is 5.92 Å². The lowest BCUT2D eigenvalue weighted by atomic mass is 10.0. The van der Waals surface area contributed by atoms with Crippen LogP contribution >= 0.6 is 0 Å². The van der Waals surface area contributed by atoms with Gasteiger partial charge in [-0.15, -0.1) is 0 Å². The summed E-state index contributed by atoms with van der Waals surface area (Å²) in [6, 6.07) is 5.21. The number of nitrogens with zero attached hydrogens (tertiary/aromatic N) is 2. The summed E-state index contributed by atoms with van der Waals surface area (Å²) in [5.74, 6) is -2.87. The summed E-state index contributed by atoms with van der Waals surface area (Å²) in [5.41, 5.74) is 0.438. The number of benzene rings is 2. The van der Waals surface area contributed by atoms with Crippen molar-refractivity contribution in [1.29, 1.82) is 0 Å². The number of likely N-dealkylation sites (N-methyl/N-ethyl adjacent to an activating group) is 1. The Balaban J connectivity index is 1.44. The van der Waals surface area contributed by atoms with E-state index in [1.807, 2.05) is 11.8 Å². The van der Waals surface area contributed by atoms with Crippen LogP contribution in [-0.4, -0.2) is 82.2 Å². The molecule has 3 aliphatic rings. The number of hydrogen-bond acceptors (Lipinski definition) is 7. The third-order valence-electron chi connectivity index (χ3n) is 8.16. The maximum atomic E-state index is 14.3. The Morgan fingerprint density at radius 1 is 1.21 bits per heavy atom. The van der Waals surface area contributed by atoms with Gasteiger partial charge in [-0.1, -0.05) is 13.0 Å². The van der Waals surface area contributed by atoms with Crippen molar-refractivity contribution in [2.75, 3.05) is 44.6 Å². The van der Waals surface area contributed by atoms with Crippen molar-refractivity contribution in [3.05, 3.63) is 52.8 Å². The highest BCUT2D eigenvalue weighted by Gasteiger charge is 2.47. The molecule has 1 N–H and O–H groups in total. The highest BCUT2D eigenvalue weighted by Crippen LogP contribution is 2.55. The van der Waals surface area contributed by atoms with Gasteiger partial charge in [0.25, 0.3) is 10.0 Å². The van der Waals surface area contributed by atoms with Crippen LogP contribution in [0.25, 0.3) is 0 Å². The van der Waals surface area contributed by atoms with Gasteiger partial charge in [-0.05, 0) is 67.1 Å². The minimum atomic E-state index is -5.13. The van der Waals surface area contributed by atoms with E-state index >= 15 is 0 Å². The lowest BCUT2D eigenvalue weighted by Gasteiger charge is -2.30. The molecule has 9 nitrogen and oxygen atoms in total. The molecule has 5 rings (SSSR count). The monoisotopic (exact) mass is 613 g/mol. The number of rotatable bonds is 9. The van der Waals surface area contributed by atoms with E-state index in [2.05, 4.69) is 4.72 Å². The van der Waals surface area contributed by atoms with Crippen LogP contribution in [-0.2, 0) is 26.0 Å². The second kappa shape index (κ2) is 11.4. The minimum absolute atomic E-state index is 0.101. The number of ether oxygens (including phenoxy) is 2. The van der Waals surface area contributed by atoms with Crippen LogP contribution in [0.4, 0.5) is 23.2 Å². The highest BCUT2D eigenvalue weighted by molar-refractivity contribution is 7.92. The van der Waals surface area contributed by atoms with Gasteiger partial charge >= 0.3 is 18.1 Å². The Bertz CT molecular complexity index is 1500. The summed E-state index contributed by atoms with van der Waals surface area (Å²) in [6.45, 7) is 3.12. The molecule has 0 bridgehead atoms. The van der Waals surface area contributed by atoms with Gasteiger partial charge in [0.15, 0.2) is 0 Å². The largest absolute Gasteiger partial charge is 0.492 e. The smallest absolute Gasteiger partial charge is 0.471 e. The summed E-state index contributed by atoms with van der Waals surface area (Å²) in [7, 11) is -3.35. The predicted molar refractivity (Wildman–Crippen MR) is 143 cm³/mol. The number of anilines is 1. The van der Waals surface area contributed by atoms with Crippen LogP contribution in [0.3, 0.4) is 0 Å². The average Bonchev–Trinajstić information content (AvgIpc) is 3.59. The molecular formula is C28H31F4N3O6S. The molecule has 1 aliphatic carbocycles. The van der Waals surface area contributed by atoms with Gasteiger partial charge in [-0.3, -0.25) is 9.52 Å². The topological polar surface area (TPSA) is 105 Å². The van der Waals surface area contributed by atoms with Gasteiger partial charge in [0.1, 0.15) is 17.1 Å². The van der Waals surface area contributed by atoms with E-state index in [9.17, 15) is 35.6 Å². The molecule has 1 saturated carbocycles. The van der Waals surface area contributed by atoms with Gasteiger partial charge in [-0.2, -0.15) is 13.2 Å². The second-order valence-corrected chi connectivity index (χ2v) is 12.4. The number of likely N-dealkylation sites (tertiary alicyclic amines) is 1. The summed E-state index contributed by atoms with van der Waals surface area (Å²) in [6.07, 6.45) is -4.28. The summed E-state index contributed by atoms with van der Waals surface area (Å²) < 4.78 is 95.1. The molecule has 1 saturated heterocycles. The highest BCUT2D eigenvalue weighted by atomic mass is 32.2. The Kier molecular flexibility index (Phi) is 8.14. The Morgan fingerprint density at radius 2 is 1.98 bits per heavy atom. The number of methoxy groups -OCH3 is 1. The van der Waals surface area contributed by atoms with Gasteiger partial charge in [0.2, 0.25) is 0 Å². The fraction of sp³-hybridized carbons (Fsp3) is 0.500. The number of carbonyl (C=O) groups excluding carboxylic acids is 2. The Morgan fingerprint density at radius 3 is 2.64 bits per heavy atom. The van der Waals surface area contributed by atoms with Crippen LogP contribution in [0.5, 0.6) is 5.75 Å². The number of alkyl halides is 3. The molecule has 2 heterocycles. The Hall–Kier alpha value is -3.39. The van der Waals surface area contributed by atoms with Gasteiger partial charge in [0, 0.05) is 31.6 Å². The maximum Gasteiger partial charge on any atom is 0.471 e. The zero-order valence-electron chi connectivity index (χ0n) is 23.0. The third kappa shape index (κ3) is 5.91. The van der Waals surface area contributed by atoms with Crippen molar-refractivity contribution in [3.8, 4) is 5.75 Å². The number of nitrogens with one attached hydrogen (secondary N) is 1. The summed E-state index contributed by atoms with van der Waals surface area (Å²) in [4.78, 5) is 27.3. The molecular weight excluding hydrogens is 582 g/mol. The molecule has 228 valence electrons. The third-order valence-corrected chi connectivity index (χ3v) is 9.62. The molecule has 1 amide bonds. The lowest BCUT2D eigenvalue weighted by Crippen LogP contribution is -2.49. The number of amides is 1. The molecule has 2 fully saturated rings. The fourth-order valence-corrected chi connectivity index (χ4v) is 7.17. The number of carbonyl (C=O) groups is 2. The first-order valence-corrected chi connectivity index (χ1v) is 15.1. The molecule has 42 heavy (non-hydrogen) atoms. The normalized spacial score (nSPS) is 21.6. The molecule has 2 aliphatic heterocycles. The van der Waals surface area contributed by atoms with Crippen molar-refractivity contribution in [3.63, 3.8) is 0 Å². The Labute approximate surface area is 240 Å². The van der Waals surface area contributed by atoms with Crippen molar-refractivity contribution in [1.82, 2.24) is 9.80 Å². The molecule has 0 aromatic heterocycles. The van der Waals surface area contributed by atoms with E-state index in [1.54, 1.807) is 6.07 Å². The summed E-state index contributed by atoms with van der Waals surface area (Å²) in [5, 5.41) is 0. The number of esters is 1. The molecule has 2 aromatic rings. The molecule has 0 spiro atoms. The van der Waals surface area contributed by atoms with Crippen molar-refractivity contribution >= 4 is 27.6 Å².